The highest BCUT2D eigenvalue weighted by molar-refractivity contribution is 9.10. The van der Waals surface area contributed by atoms with E-state index in [9.17, 15) is 4.79 Å². The minimum atomic E-state index is -2.51. The standard InChI is InChI=1S/C32H44BrN3O3Si/c1-31(2,3)39-30(37)35-23-26-22-29(33)34-36(26)24-25(35)16-10-9-15-21-38-40(32(4,5)6,27-17-11-7-12-18-27)28-19-13-8-14-20-28/h7-8,11-14,17-20,22,25H,9-10,15-16,21,23-24H2,1-6H3/t25-/m1/s1. The van der Waals surface area contributed by atoms with Crippen LogP contribution >= 0.6 is 15.9 Å². The first-order chi connectivity index (χ1) is 18.9. The number of carbonyl (C=O) groups excluding carboxylic acids is 1. The van der Waals surface area contributed by atoms with Crippen molar-refractivity contribution >= 4 is 40.7 Å². The molecule has 4 rings (SSSR count). The van der Waals surface area contributed by atoms with E-state index >= 15 is 0 Å². The third-order valence-corrected chi connectivity index (χ3v) is 13.0. The molecule has 8 heteroatoms. The SMILES string of the molecule is CC(C)(C)OC(=O)N1Cc2cc(Br)nn2C[C@H]1CCCCCO[Si](c1ccccc1)(c1ccccc1)C(C)(C)C. The number of hydrogen-bond acceptors (Lipinski definition) is 4. The average molecular weight is 627 g/mol. The molecule has 0 spiro atoms. The molecule has 2 heterocycles. The van der Waals surface area contributed by atoms with E-state index in [0.29, 0.717) is 19.7 Å². The van der Waals surface area contributed by atoms with Crippen LogP contribution in [-0.2, 0) is 22.3 Å². The Bertz CT molecular complexity index is 1210. The third kappa shape index (κ3) is 7.07. The van der Waals surface area contributed by atoms with Crippen molar-refractivity contribution in [2.75, 3.05) is 6.61 Å². The maximum atomic E-state index is 13.1. The van der Waals surface area contributed by atoms with Gasteiger partial charge in [-0.1, -0.05) is 94.3 Å². The molecule has 0 bridgehead atoms. The normalized spacial score (nSPS) is 16.1. The maximum absolute atomic E-state index is 13.1. The Morgan fingerprint density at radius 1 is 0.950 bits per heavy atom. The van der Waals surface area contributed by atoms with E-state index in [1.54, 1.807) is 0 Å². The number of benzene rings is 2. The first-order valence-electron chi connectivity index (χ1n) is 14.4. The molecular formula is C32H44BrN3O3Si. The fourth-order valence-electron chi connectivity index (χ4n) is 5.73. The molecule has 3 aromatic rings. The Hall–Kier alpha value is -2.42. The third-order valence-electron chi connectivity index (χ3n) is 7.54. The molecule has 0 unspecified atom stereocenters. The zero-order chi connectivity index (χ0) is 29.0. The highest BCUT2D eigenvalue weighted by Crippen LogP contribution is 2.37. The summed E-state index contributed by atoms with van der Waals surface area (Å²) in [4.78, 5) is 15.0. The van der Waals surface area contributed by atoms with Gasteiger partial charge in [0.25, 0.3) is 8.32 Å². The van der Waals surface area contributed by atoms with E-state index in [2.05, 4.69) is 102 Å². The molecule has 1 aliphatic heterocycles. The predicted molar refractivity (Wildman–Crippen MR) is 168 cm³/mol. The summed E-state index contributed by atoms with van der Waals surface area (Å²) in [6, 6.07) is 23.6. The second-order valence-electron chi connectivity index (χ2n) is 12.8. The molecule has 1 aromatic heterocycles. The summed E-state index contributed by atoms with van der Waals surface area (Å²) in [6.07, 6.45) is 3.66. The van der Waals surface area contributed by atoms with Crippen LogP contribution in [-0.4, -0.2) is 47.3 Å². The lowest BCUT2D eigenvalue weighted by molar-refractivity contribution is 0.00525. The summed E-state index contributed by atoms with van der Waals surface area (Å²) in [5.74, 6) is 0. The molecule has 1 amide bonds. The molecule has 0 N–H and O–H groups in total. The van der Waals surface area contributed by atoms with Gasteiger partial charge in [0.1, 0.15) is 10.2 Å². The van der Waals surface area contributed by atoms with Crippen molar-refractivity contribution in [2.24, 2.45) is 0 Å². The van der Waals surface area contributed by atoms with E-state index in [4.69, 9.17) is 9.16 Å². The van der Waals surface area contributed by atoms with Crippen LogP contribution < -0.4 is 10.4 Å². The van der Waals surface area contributed by atoms with Gasteiger partial charge in [0.2, 0.25) is 0 Å². The fourth-order valence-corrected chi connectivity index (χ4v) is 10.8. The summed E-state index contributed by atoms with van der Waals surface area (Å²) in [6.45, 7) is 14.6. The van der Waals surface area contributed by atoms with Gasteiger partial charge in [-0.05, 0) is 71.0 Å². The highest BCUT2D eigenvalue weighted by atomic mass is 79.9. The molecule has 0 saturated carbocycles. The van der Waals surface area contributed by atoms with Gasteiger partial charge >= 0.3 is 6.09 Å². The minimum absolute atomic E-state index is 0.0263. The van der Waals surface area contributed by atoms with E-state index in [-0.39, 0.29) is 17.2 Å². The van der Waals surface area contributed by atoms with Crippen LogP contribution in [0.3, 0.4) is 0 Å². The molecule has 1 atom stereocenters. The molecule has 1 aliphatic rings. The van der Waals surface area contributed by atoms with Crippen LogP contribution in [0.5, 0.6) is 0 Å². The number of aromatic nitrogens is 2. The Kier molecular flexibility index (Phi) is 9.63. The Labute approximate surface area is 249 Å². The minimum Gasteiger partial charge on any atom is -0.444 e. The Balaban J connectivity index is 1.41. The molecule has 0 fully saturated rings. The first kappa shape index (κ1) is 30.5. The summed E-state index contributed by atoms with van der Waals surface area (Å²) >= 11 is 3.49. The number of halogens is 1. The lowest BCUT2D eigenvalue weighted by Gasteiger charge is -2.43. The maximum Gasteiger partial charge on any atom is 0.410 e. The van der Waals surface area contributed by atoms with Gasteiger partial charge in [-0.3, -0.25) is 9.58 Å². The van der Waals surface area contributed by atoms with Crippen LogP contribution in [0.4, 0.5) is 4.79 Å². The zero-order valence-electron chi connectivity index (χ0n) is 24.8. The predicted octanol–water partition coefficient (Wildman–Crippen LogP) is 6.90. The number of hydrogen-bond donors (Lipinski definition) is 0. The Morgan fingerprint density at radius 2 is 1.55 bits per heavy atom. The lowest BCUT2D eigenvalue weighted by Crippen LogP contribution is -2.66. The second-order valence-corrected chi connectivity index (χ2v) is 17.9. The van der Waals surface area contributed by atoms with Crippen LogP contribution in [0, 0.1) is 0 Å². The molecule has 0 radical (unpaired) electrons. The van der Waals surface area contributed by atoms with Crippen molar-refractivity contribution in [1.82, 2.24) is 14.7 Å². The van der Waals surface area contributed by atoms with Gasteiger partial charge in [0, 0.05) is 6.61 Å². The number of carbonyl (C=O) groups is 1. The average Bonchev–Trinajstić information content (AvgIpc) is 3.26. The van der Waals surface area contributed by atoms with Crippen LogP contribution in [0.1, 0.15) is 72.9 Å². The smallest absolute Gasteiger partial charge is 0.410 e. The molecule has 216 valence electrons. The number of nitrogens with zero attached hydrogens (tertiary/aromatic N) is 3. The summed E-state index contributed by atoms with van der Waals surface area (Å²) in [5, 5.41) is 7.17. The molecule has 0 aliphatic carbocycles. The van der Waals surface area contributed by atoms with Crippen LogP contribution in [0.25, 0.3) is 0 Å². The van der Waals surface area contributed by atoms with Gasteiger partial charge in [-0.25, -0.2) is 4.79 Å². The number of unbranched alkanes of at least 4 members (excludes halogenated alkanes) is 2. The van der Waals surface area contributed by atoms with Gasteiger partial charge in [-0.2, -0.15) is 5.10 Å². The van der Waals surface area contributed by atoms with Crippen molar-refractivity contribution in [3.05, 3.63) is 77.0 Å². The van der Waals surface area contributed by atoms with E-state index in [1.165, 1.54) is 10.4 Å². The second kappa shape index (κ2) is 12.6. The van der Waals surface area contributed by atoms with Gasteiger partial charge in [0.15, 0.2) is 0 Å². The van der Waals surface area contributed by atoms with Crippen LogP contribution in [0.2, 0.25) is 5.04 Å². The quantitative estimate of drug-likeness (QED) is 0.192. The number of ether oxygens (including phenoxy) is 1. The Morgan fingerprint density at radius 3 is 2.10 bits per heavy atom. The summed E-state index contributed by atoms with van der Waals surface area (Å²) in [7, 11) is -2.51. The summed E-state index contributed by atoms with van der Waals surface area (Å²) in [5.41, 5.74) is 0.491. The molecule has 6 nitrogen and oxygen atoms in total. The first-order valence-corrected chi connectivity index (χ1v) is 17.1. The van der Waals surface area contributed by atoms with Crippen molar-refractivity contribution in [3.8, 4) is 0 Å². The van der Waals surface area contributed by atoms with Crippen molar-refractivity contribution in [2.45, 2.75) is 97.0 Å². The molecule has 40 heavy (non-hydrogen) atoms. The molecule has 2 aromatic carbocycles. The van der Waals surface area contributed by atoms with Crippen molar-refractivity contribution in [3.63, 3.8) is 0 Å². The van der Waals surface area contributed by atoms with Crippen molar-refractivity contribution < 1.29 is 14.0 Å². The van der Waals surface area contributed by atoms with Gasteiger partial charge in [-0.15, -0.1) is 0 Å². The number of amides is 1. The summed E-state index contributed by atoms with van der Waals surface area (Å²) < 4.78 is 15.6. The van der Waals surface area contributed by atoms with E-state index < -0.39 is 13.9 Å². The molecular weight excluding hydrogens is 582 g/mol. The zero-order valence-corrected chi connectivity index (χ0v) is 27.4. The van der Waals surface area contributed by atoms with E-state index in [1.807, 2.05) is 36.4 Å². The molecule has 0 saturated heterocycles. The van der Waals surface area contributed by atoms with Crippen molar-refractivity contribution in [1.29, 1.82) is 0 Å². The van der Waals surface area contributed by atoms with Gasteiger partial charge in [0.05, 0.1) is 24.8 Å². The highest BCUT2D eigenvalue weighted by Gasteiger charge is 2.50. The van der Waals surface area contributed by atoms with Gasteiger partial charge < -0.3 is 9.16 Å². The largest absolute Gasteiger partial charge is 0.444 e. The number of fused-ring (bicyclic) bond motifs is 1. The topological polar surface area (TPSA) is 56.6 Å². The fraction of sp³-hybridized carbons (Fsp3) is 0.500. The number of rotatable bonds is 9. The van der Waals surface area contributed by atoms with Crippen LogP contribution in [0.15, 0.2) is 71.3 Å². The monoisotopic (exact) mass is 625 g/mol. The lowest BCUT2D eigenvalue weighted by atomic mass is 10.0. The van der Waals surface area contributed by atoms with E-state index in [0.717, 1.165) is 36.0 Å².